The number of nitrogens with zero attached hydrogens (tertiary/aromatic N) is 3. The molecule has 1 aromatic rings. The Bertz CT molecular complexity index is 553. The lowest BCUT2D eigenvalue weighted by molar-refractivity contribution is -0.134. The van der Waals surface area contributed by atoms with Crippen molar-refractivity contribution in [3.63, 3.8) is 0 Å². The van der Waals surface area contributed by atoms with Gasteiger partial charge in [0.25, 0.3) is 5.92 Å². The Labute approximate surface area is 156 Å². The molecule has 1 unspecified atom stereocenters. The van der Waals surface area contributed by atoms with Crippen LogP contribution in [0.3, 0.4) is 0 Å². The van der Waals surface area contributed by atoms with Gasteiger partial charge in [0.1, 0.15) is 0 Å². The molecule has 24 heavy (non-hydrogen) atoms. The van der Waals surface area contributed by atoms with Gasteiger partial charge in [-0.3, -0.25) is 10.1 Å². The van der Waals surface area contributed by atoms with E-state index in [9.17, 15) is 13.6 Å². The van der Waals surface area contributed by atoms with Gasteiger partial charge >= 0.3 is 0 Å². The Balaban J connectivity index is 0.00000144. The summed E-state index contributed by atoms with van der Waals surface area (Å²) in [6.45, 7) is 4.21. The molecule has 2 aliphatic rings. The number of rotatable bonds is 3. The normalized spacial score (nSPS) is 22.7. The van der Waals surface area contributed by atoms with Gasteiger partial charge in [0.15, 0.2) is 5.13 Å². The Morgan fingerprint density at radius 2 is 2.04 bits per heavy atom. The van der Waals surface area contributed by atoms with Crippen LogP contribution in [-0.2, 0) is 11.2 Å². The van der Waals surface area contributed by atoms with Crippen LogP contribution in [0.5, 0.6) is 0 Å². The molecular formula is C14H22Cl2F2N4OS. The summed E-state index contributed by atoms with van der Waals surface area (Å²) in [5.41, 5.74) is 0. The van der Waals surface area contributed by atoms with Crippen molar-refractivity contribution in [1.29, 1.82) is 0 Å². The molecule has 10 heteroatoms. The lowest BCUT2D eigenvalue weighted by Crippen LogP contribution is -2.53. The number of anilines is 1. The molecule has 138 valence electrons. The summed E-state index contributed by atoms with van der Waals surface area (Å²) in [5.74, 6) is -2.97. The first-order chi connectivity index (χ1) is 10.5. The topological polar surface area (TPSA) is 48.5 Å². The van der Waals surface area contributed by atoms with E-state index >= 15 is 0 Å². The number of hydrogen-bond donors (Lipinski definition) is 1. The van der Waals surface area contributed by atoms with E-state index < -0.39 is 24.9 Å². The third-order valence-electron chi connectivity index (χ3n) is 4.16. The maximum Gasteiger partial charge on any atom is 0.262 e. The number of aromatic nitrogens is 1. The highest BCUT2D eigenvalue weighted by atomic mass is 35.5. The zero-order valence-electron chi connectivity index (χ0n) is 13.3. The first-order valence-electron chi connectivity index (χ1n) is 7.58. The van der Waals surface area contributed by atoms with Crippen molar-refractivity contribution in [2.24, 2.45) is 0 Å². The number of carbonyl (C=O) groups is 1. The molecular weight excluding hydrogens is 381 g/mol. The van der Waals surface area contributed by atoms with Crippen LogP contribution in [0.15, 0.2) is 6.20 Å². The van der Waals surface area contributed by atoms with Gasteiger partial charge < -0.3 is 9.80 Å². The lowest BCUT2D eigenvalue weighted by Gasteiger charge is -2.35. The molecule has 0 radical (unpaired) electrons. The maximum absolute atomic E-state index is 13.2. The molecule has 1 aromatic heterocycles. The fourth-order valence-electron chi connectivity index (χ4n) is 2.84. The summed E-state index contributed by atoms with van der Waals surface area (Å²) in [5, 5.41) is 3.61. The molecule has 0 bridgehead atoms. The number of thiazole rings is 1. The summed E-state index contributed by atoms with van der Waals surface area (Å²) in [7, 11) is 0. The molecule has 0 spiro atoms. The van der Waals surface area contributed by atoms with Crippen LogP contribution in [-0.4, -0.2) is 60.5 Å². The zero-order chi connectivity index (χ0) is 15.7. The van der Waals surface area contributed by atoms with Crippen molar-refractivity contribution in [3.05, 3.63) is 11.1 Å². The van der Waals surface area contributed by atoms with Gasteiger partial charge in [-0.15, -0.1) is 36.2 Å². The van der Waals surface area contributed by atoms with Crippen molar-refractivity contribution < 1.29 is 13.6 Å². The molecule has 2 saturated heterocycles. The maximum atomic E-state index is 13.2. The average molecular weight is 403 g/mol. The van der Waals surface area contributed by atoms with Gasteiger partial charge in [0, 0.05) is 43.7 Å². The van der Waals surface area contributed by atoms with Gasteiger partial charge in [-0.2, -0.15) is 0 Å². The molecule has 1 N–H and O–H groups in total. The standard InChI is InChI=1S/C14H20F2N4OS.2ClH/c1-2-10-8-17-13(22-10)20-5-3-19(4-6-20)12(21)11-7-14(15,16)9-18-11;;/h8,11,18H,2-7,9H2,1H3;2*1H. The predicted octanol–water partition coefficient (Wildman–Crippen LogP) is 2.19. The Kier molecular flexibility index (Phi) is 7.65. The van der Waals surface area contributed by atoms with Crippen LogP contribution < -0.4 is 10.2 Å². The van der Waals surface area contributed by atoms with Crippen molar-refractivity contribution in [2.45, 2.75) is 31.7 Å². The highest BCUT2D eigenvalue weighted by Gasteiger charge is 2.43. The van der Waals surface area contributed by atoms with Gasteiger partial charge in [0.05, 0.1) is 12.6 Å². The second-order valence-electron chi connectivity index (χ2n) is 5.77. The van der Waals surface area contributed by atoms with Crippen molar-refractivity contribution in [3.8, 4) is 0 Å². The summed E-state index contributed by atoms with van der Waals surface area (Å²) in [4.78, 5) is 21.8. The fourth-order valence-corrected chi connectivity index (χ4v) is 3.74. The molecule has 1 atom stereocenters. The molecule has 3 rings (SSSR count). The fraction of sp³-hybridized carbons (Fsp3) is 0.714. The van der Waals surface area contributed by atoms with Gasteiger partial charge in [-0.05, 0) is 6.42 Å². The first kappa shape index (κ1) is 21.3. The van der Waals surface area contributed by atoms with E-state index in [1.807, 2.05) is 6.20 Å². The summed E-state index contributed by atoms with van der Waals surface area (Å²) in [6.07, 6.45) is 2.47. The molecule has 1 amide bonds. The number of nitrogens with one attached hydrogen (secondary N) is 1. The van der Waals surface area contributed by atoms with E-state index in [1.165, 1.54) is 4.88 Å². The minimum Gasteiger partial charge on any atom is -0.345 e. The molecule has 0 aliphatic carbocycles. The Morgan fingerprint density at radius 1 is 1.38 bits per heavy atom. The minimum absolute atomic E-state index is 0. The van der Waals surface area contributed by atoms with Gasteiger partial charge in [-0.1, -0.05) is 6.92 Å². The molecule has 2 aliphatic heterocycles. The molecule has 5 nitrogen and oxygen atoms in total. The van der Waals surface area contributed by atoms with Crippen LogP contribution in [0.4, 0.5) is 13.9 Å². The Hall–Kier alpha value is -0.700. The van der Waals surface area contributed by atoms with E-state index in [4.69, 9.17) is 0 Å². The first-order valence-corrected chi connectivity index (χ1v) is 8.40. The minimum atomic E-state index is -2.76. The number of halogens is 4. The summed E-state index contributed by atoms with van der Waals surface area (Å²) in [6, 6.07) is -0.742. The average Bonchev–Trinajstić information content (AvgIpc) is 3.13. The van der Waals surface area contributed by atoms with Crippen LogP contribution in [0.2, 0.25) is 0 Å². The number of carbonyl (C=O) groups excluding carboxylic acids is 1. The quantitative estimate of drug-likeness (QED) is 0.841. The smallest absolute Gasteiger partial charge is 0.262 e. The number of amides is 1. The van der Waals surface area contributed by atoms with E-state index in [-0.39, 0.29) is 30.7 Å². The van der Waals surface area contributed by atoms with E-state index in [1.54, 1.807) is 16.2 Å². The lowest BCUT2D eigenvalue weighted by atomic mass is 10.1. The number of hydrogen-bond acceptors (Lipinski definition) is 5. The van der Waals surface area contributed by atoms with E-state index in [0.29, 0.717) is 26.2 Å². The second-order valence-corrected chi connectivity index (χ2v) is 6.86. The number of aryl methyl sites for hydroxylation is 1. The van der Waals surface area contributed by atoms with Crippen LogP contribution >= 0.6 is 36.2 Å². The molecule has 0 saturated carbocycles. The number of alkyl halides is 2. The Morgan fingerprint density at radius 3 is 2.54 bits per heavy atom. The van der Waals surface area contributed by atoms with Crippen molar-refractivity contribution in [1.82, 2.24) is 15.2 Å². The molecule has 2 fully saturated rings. The highest BCUT2D eigenvalue weighted by Crippen LogP contribution is 2.27. The third-order valence-corrected chi connectivity index (χ3v) is 5.36. The summed E-state index contributed by atoms with van der Waals surface area (Å²) < 4.78 is 26.4. The molecule has 0 aromatic carbocycles. The highest BCUT2D eigenvalue weighted by molar-refractivity contribution is 7.15. The van der Waals surface area contributed by atoms with Crippen LogP contribution in [0.25, 0.3) is 0 Å². The van der Waals surface area contributed by atoms with E-state index in [0.717, 1.165) is 11.6 Å². The second kappa shape index (κ2) is 8.60. The van der Waals surface area contributed by atoms with Gasteiger partial charge in [-0.25, -0.2) is 13.8 Å². The van der Waals surface area contributed by atoms with Crippen LogP contribution in [0.1, 0.15) is 18.2 Å². The number of piperazine rings is 1. The summed E-state index contributed by atoms with van der Waals surface area (Å²) >= 11 is 1.67. The van der Waals surface area contributed by atoms with Crippen LogP contribution in [0, 0.1) is 0 Å². The monoisotopic (exact) mass is 402 g/mol. The van der Waals surface area contributed by atoms with Gasteiger partial charge in [0.2, 0.25) is 5.91 Å². The SMILES string of the molecule is CCc1cnc(N2CCN(C(=O)C3CC(F)(F)CN3)CC2)s1.Cl.Cl. The molecule has 3 heterocycles. The third kappa shape index (κ3) is 4.68. The predicted molar refractivity (Wildman–Crippen MR) is 96.1 cm³/mol. The zero-order valence-corrected chi connectivity index (χ0v) is 15.8. The largest absolute Gasteiger partial charge is 0.345 e. The van der Waals surface area contributed by atoms with E-state index in [2.05, 4.69) is 22.1 Å². The van der Waals surface area contributed by atoms with Crippen molar-refractivity contribution in [2.75, 3.05) is 37.6 Å². The van der Waals surface area contributed by atoms with Crippen molar-refractivity contribution >= 4 is 47.2 Å².